The van der Waals surface area contributed by atoms with Gasteiger partial charge in [0.25, 0.3) is 5.56 Å². The van der Waals surface area contributed by atoms with E-state index in [1.54, 1.807) is 13.8 Å². The van der Waals surface area contributed by atoms with Gasteiger partial charge in [0, 0.05) is 42.3 Å². The molecule has 0 amide bonds. The van der Waals surface area contributed by atoms with E-state index in [1.807, 2.05) is 4.90 Å². The normalized spacial score (nSPS) is 15.1. The number of aliphatic carboxylic acids is 1. The van der Waals surface area contributed by atoms with Gasteiger partial charge >= 0.3 is 18.3 Å². The van der Waals surface area contributed by atoms with E-state index in [-0.39, 0.29) is 53.3 Å². The molecule has 1 aliphatic rings. The van der Waals surface area contributed by atoms with E-state index in [0.29, 0.717) is 19.2 Å². The number of carbonyl (C=O) groups is 2. The molecule has 2 heterocycles. The number of pyridine rings is 1. The van der Waals surface area contributed by atoms with Gasteiger partial charge in [0.2, 0.25) is 0 Å². The second-order valence-corrected chi connectivity index (χ2v) is 13.8. The number of carboxylic acids is 1. The topological polar surface area (TPSA) is 79.6 Å². The van der Waals surface area contributed by atoms with Crippen molar-refractivity contribution in [2.45, 2.75) is 91.0 Å². The van der Waals surface area contributed by atoms with Crippen LogP contribution in [0, 0.1) is 44.1 Å². The molecule has 2 aromatic carbocycles. The number of hydrogen-bond acceptors (Lipinski definition) is 4. The molecule has 1 saturated heterocycles. The van der Waals surface area contributed by atoms with Crippen molar-refractivity contribution in [3.05, 3.63) is 91.1 Å². The summed E-state index contributed by atoms with van der Waals surface area (Å²) in [7, 11) is 0. The van der Waals surface area contributed by atoms with E-state index in [4.69, 9.17) is 0 Å². The minimum absolute atomic E-state index is 0.102. The van der Waals surface area contributed by atoms with Crippen LogP contribution in [0.4, 0.5) is 39.5 Å². The zero-order chi connectivity index (χ0) is 39.0. The predicted octanol–water partition coefficient (Wildman–Crippen LogP) is 8.95. The number of nitrogens with zero attached hydrogens (tertiary/aromatic N) is 2. The second kappa shape index (κ2) is 15.5. The van der Waals surface area contributed by atoms with Crippen molar-refractivity contribution >= 4 is 11.8 Å². The van der Waals surface area contributed by atoms with E-state index < -0.39 is 100 Å². The summed E-state index contributed by atoms with van der Waals surface area (Å²) in [5.41, 5.74) is -7.29. The van der Waals surface area contributed by atoms with Crippen LogP contribution < -0.4 is 5.56 Å². The fraction of sp³-hybridized carbons (Fsp3) is 0.486. The second-order valence-electron chi connectivity index (χ2n) is 13.8. The number of Topliss-reactive ketones (excluding diaryl/α,β-unsaturated/α-hetero) is 1. The number of carbonyl (C=O) groups excluding carboxylic acids is 1. The quantitative estimate of drug-likeness (QED) is 0.177. The molecule has 15 heteroatoms. The Hall–Kier alpha value is -4.14. The van der Waals surface area contributed by atoms with Crippen LogP contribution in [0.2, 0.25) is 0 Å². The highest BCUT2D eigenvalue weighted by Gasteiger charge is 2.41. The highest BCUT2D eigenvalue weighted by molar-refractivity contribution is 5.84. The summed E-state index contributed by atoms with van der Waals surface area (Å²) in [6.07, 6.45) is -11.2. The van der Waals surface area contributed by atoms with Gasteiger partial charge in [-0.25, -0.2) is 13.2 Å². The number of aromatic nitrogens is 1. The Bertz CT molecular complexity index is 1910. The van der Waals surface area contributed by atoms with Crippen molar-refractivity contribution in [2.75, 3.05) is 19.6 Å². The van der Waals surface area contributed by atoms with Crippen LogP contribution in [-0.4, -0.2) is 46.0 Å². The molecule has 0 radical (unpaired) electrons. The molecule has 0 aliphatic carbocycles. The molecule has 0 saturated carbocycles. The molecule has 284 valence electrons. The zero-order valence-electron chi connectivity index (χ0n) is 29.2. The van der Waals surface area contributed by atoms with Crippen LogP contribution in [0.3, 0.4) is 0 Å². The van der Waals surface area contributed by atoms with Gasteiger partial charge in [-0.1, -0.05) is 19.9 Å². The Morgan fingerprint density at radius 1 is 0.846 bits per heavy atom. The van der Waals surface area contributed by atoms with Gasteiger partial charge in [-0.05, 0) is 92.9 Å². The number of alkyl halides is 6. The predicted molar refractivity (Wildman–Crippen MR) is 175 cm³/mol. The van der Waals surface area contributed by atoms with Gasteiger partial charge < -0.3 is 14.6 Å². The number of benzene rings is 2. The summed E-state index contributed by atoms with van der Waals surface area (Å²) in [4.78, 5) is 41.2. The number of halogens is 9. The molecule has 52 heavy (non-hydrogen) atoms. The lowest BCUT2D eigenvalue weighted by Gasteiger charge is -2.31. The first kappa shape index (κ1) is 40.6. The summed E-state index contributed by atoms with van der Waals surface area (Å²) in [6.45, 7) is 8.76. The Morgan fingerprint density at radius 2 is 1.46 bits per heavy atom. The molecule has 2 atom stereocenters. The lowest BCUT2D eigenvalue weighted by Crippen LogP contribution is -2.39. The van der Waals surface area contributed by atoms with Crippen molar-refractivity contribution in [1.82, 2.24) is 9.47 Å². The SMILES string of the molecule is Cc1cc(C)c(-c2cc(C(F)(F)F)c(F)c([C@H](CC(=O)O)CC(=O)C(CC(C)C)n3cc(CCN4CCC4)c(C(F)(F)F)cc3=O)c2F)c(C)c1F. The van der Waals surface area contributed by atoms with Crippen molar-refractivity contribution in [3.63, 3.8) is 0 Å². The van der Waals surface area contributed by atoms with E-state index in [1.165, 1.54) is 26.8 Å². The van der Waals surface area contributed by atoms with E-state index in [0.717, 1.165) is 17.2 Å². The minimum atomic E-state index is -5.44. The van der Waals surface area contributed by atoms with E-state index >= 15 is 8.78 Å². The Kier molecular flexibility index (Phi) is 12.1. The third kappa shape index (κ3) is 8.72. The molecule has 3 aromatic rings. The average molecular weight is 747 g/mol. The molecule has 6 nitrogen and oxygen atoms in total. The van der Waals surface area contributed by atoms with E-state index in [2.05, 4.69) is 0 Å². The molecule has 1 fully saturated rings. The summed E-state index contributed by atoms with van der Waals surface area (Å²) in [5, 5.41) is 9.73. The monoisotopic (exact) mass is 746 g/mol. The fourth-order valence-corrected chi connectivity index (χ4v) is 6.88. The third-order valence-electron chi connectivity index (χ3n) is 9.48. The summed E-state index contributed by atoms with van der Waals surface area (Å²) in [6, 6.07) is 0.205. The molecule has 0 bridgehead atoms. The summed E-state index contributed by atoms with van der Waals surface area (Å²) in [5.74, 6) is -9.92. The number of likely N-dealkylation sites (tertiary alicyclic amines) is 1. The molecular weight excluding hydrogens is 707 g/mol. The molecule has 1 aromatic heterocycles. The maximum atomic E-state index is 16.5. The van der Waals surface area contributed by atoms with E-state index in [9.17, 15) is 50.2 Å². The van der Waals surface area contributed by atoms with Gasteiger partial charge in [-0.2, -0.15) is 26.3 Å². The highest BCUT2D eigenvalue weighted by atomic mass is 19.4. The van der Waals surface area contributed by atoms with Crippen LogP contribution in [-0.2, 0) is 28.4 Å². The van der Waals surface area contributed by atoms with Crippen molar-refractivity contribution in [1.29, 1.82) is 0 Å². The largest absolute Gasteiger partial charge is 0.481 e. The van der Waals surface area contributed by atoms with Crippen molar-refractivity contribution in [2.24, 2.45) is 5.92 Å². The average Bonchev–Trinajstić information content (AvgIpc) is 2.98. The lowest BCUT2D eigenvalue weighted by molar-refractivity contribution is -0.140. The van der Waals surface area contributed by atoms with Gasteiger partial charge in [-0.15, -0.1) is 0 Å². The van der Waals surface area contributed by atoms with Crippen LogP contribution in [0.15, 0.2) is 29.2 Å². The zero-order valence-corrected chi connectivity index (χ0v) is 29.2. The summed E-state index contributed by atoms with van der Waals surface area (Å²) >= 11 is 0. The Balaban J connectivity index is 1.90. The molecule has 1 unspecified atom stereocenters. The number of hydrogen-bond donors (Lipinski definition) is 1. The smallest absolute Gasteiger partial charge is 0.419 e. The van der Waals surface area contributed by atoms with Gasteiger partial charge in [0.15, 0.2) is 5.78 Å². The van der Waals surface area contributed by atoms with Crippen LogP contribution in [0.25, 0.3) is 11.1 Å². The van der Waals surface area contributed by atoms with Gasteiger partial charge in [0.1, 0.15) is 17.5 Å². The molecular formula is C37H39F9N2O4. The van der Waals surface area contributed by atoms with Crippen molar-refractivity contribution in [3.8, 4) is 11.1 Å². The van der Waals surface area contributed by atoms with Crippen molar-refractivity contribution < 1.29 is 54.2 Å². The standard InChI is InChI=1S/C37H39F9N2O4/c1-18(2)11-27(48-17-22(7-10-47-8-6-9-47)25(16-29(48)50)36(41,42)43)28(49)13-23(14-30(51)52)32-34(39)24(15-26(35(32)40)37(44,45)46)31-19(3)12-20(4)33(38)21(31)5/h12,15-18,23,27H,6-11,13-14H2,1-5H3,(H,51,52)/t23-,27?/m0/s1. The van der Waals surface area contributed by atoms with Gasteiger partial charge in [0.05, 0.1) is 23.6 Å². The first-order chi connectivity index (χ1) is 24.0. The number of rotatable bonds is 13. The Morgan fingerprint density at radius 3 is 1.98 bits per heavy atom. The molecule has 4 rings (SSSR count). The fourth-order valence-electron chi connectivity index (χ4n) is 6.88. The number of carboxylic acid groups (broad SMARTS) is 1. The molecule has 0 spiro atoms. The van der Waals surface area contributed by atoms with Crippen LogP contribution in [0.1, 0.15) is 90.4 Å². The van der Waals surface area contributed by atoms with Crippen LogP contribution in [0.5, 0.6) is 0 Å². The third-order valence-corrected chi connectivity index (χ3v) is 9.48. The minimum Gasteiger partial charge on any atom is -0.481 e. The van der Waals surface area contributed by atoms with Crippen LogP contribution >= 0.6 is 0 Å². The first-order valence-electron chi connectivity index (χ1n) is 16.7. The van der Waals surface area contributed by atoms with Gasteiger partial charge in [-0.3, -0.25) is 14.4 Å². The highest BCUT2D eigenvalue weighted by Crippen LogP contribution is 2.44. The lowest BCUT2D eigenvalue weighted by atomic mass is 9.82. The Labute approximate surface area is 294 Å². The maximum absolute atomic E-state index is 16.5. The number of aryl methyl sites for hydroxylation is 2. The molecule has 1 aliphatic heterocycles. The maximum Gasteiger partial charge on any atom is 0.419 e. The molecule has 1 N–H and O–H groups in total. The first-order valence-corrected chi connectivity index (χ1v) is 16.7. The number of ketones is 1. The summed E-state index contributed by atoms with van der Waals surface area (Å²) < 4.78 is 133.